The molecule has 0 saturated carbocycles. The van der Waals surface area contributed by atoms with Crippen LogP contribution < -0.4 is 10.2 Å². The van der Waals surface area contributed by atoms with Crippen molar-refractivity contribution in [2.75, 3.05) is 18.0 Å². The molecule has 0 radical (unpaired) electrons. The number of anilines is 1. The Morgan fingerprint density at radius 2 is 1.79 bits per heavy atom. The van der Waals surface area contributed by atoms with E-state index < -0.39 is 0 Å². The average molecular weight is 390 g/mol. The normalized spacial score (nSPS) is 14.1. The monoisotopic (exact) mass is 389 g/mol. The lowest BCUT2D eigenvalue weighted by atomic mass is 10.1. The van der Waals surface area contributed by atoms with E-state index in [0.717, 1.165) is 41.5 Å². The maximum atomic E-state index is 12.8. The Kier molecular flexibility index (Phi) is 5.60. The molecule has 0 bridgehead atoms. The third kappa shape index (κ3) is 4.16. The number of rotatable bonds is 5. The van der Waals surface area contributed by atoms with E-state index in [0.29, 0.717) is 12.1 Å². The summed E-state index contributed by atoms with van der Waals surface area (Å²) in [7, 11) is 0. The lowest BCUT2D eigenvalue weighted by Crippen LogP contribution is -2.30. The van der Waals surface area contributed by atoms with E-state index in [-0.39, 0.29) is 5.91 Å². The van der Waals surface area contributed by atoms with Crippen LogP contribution in [0.25, 0.3) is 5.69 Å². The lowest BCUT2D eigenvalue weighted by Gasteiger charge is -2.27. The number of nitrogens with one attached hydrogen (secondary N) is 1. The minimum atomic E-state index is -0.109. The Hall–Kier alpha value is -3.15. The molecule has 1 saturated heterocycles. The Morgan fingerprint density at radius 3 is 2.48 bits per heavy atom. The van der Waals surface area contributed by atoms with Crippen LogP contribution in [0.4, 0.5) is 5.82 Å². The molecule has 150 valence electrons. The van der Waals surface area contributed by atoms with Gasteiger partial charge in [0.1, 0.15) is 5.82 Å². The molecule has 1 fully saturated rings. The van der Waals surface area contributed by atoms with E-state index in [1.165, 1.54) is 19.3 Å². The number of aryl methyl sites for hydroxylation is 1. The number of nitrogens with zero attached hydrogens (tertiary/aromatic N) is 4. The number of hydrogen-bond acceptors (Lipinski definition) is 4. The highest BCUT2D eigenvalue weighted by atomic mass is 16.1. The number of amides is 1. The van der Waals surface area contributed by atoms with Crippen LogP contribution >= 0.6 is 0 Å². The van der Waals surface area contributed by atoms with Crippen molar-refractivity contribution < 1.29 is 4.79 Å². The molecule has 2 aromatic heterocycles. The van der Waals surface area contributed by atoms with E-state index in [2.05, 4.69) is 26.4 Å². The van der Waals surface area contributed by atoms with Crippen LogP contribution in [0.2, 0.25) is 0 Å². The van der Waals surface area contributed by atoms with Gasteiger partial charge < -0.3 is 10.2 Å². The van der Waals surface area contributed by atoms with Crippen molar-refractivity contribution >= 4 is 11.7 Å². The van der Waals surface area contributed by atoms with Gasteiger partial charge in [0, 0.05) is 25.8 Å². The maximum absolute atomic E-state index is 12.8. The first-order chi connectivity index (χ1) is 14.1. The van der Waals surface area contributed by atoms with E-state index >= 15 is 0 Å². The molecule has 0 aliphatic carbocycles. The predicted octanol–water partition coefficient (Wildman–Crippen LogP) is 3.80. The van der Waals surface area contributed by atoms with Crippen LogP contribution in [0.3, 0.4) is 0 Å². The summed E-state index contributed by atoms with van der Waals surface area (Å²) >= 11 is 0. The summed E-state index contributed by atoms with van der Waals surface area (Å²) < 4.78 is 1.82. The molecule has 29 heavy (non-hydrogen) atoms. The maximum Gasteiger partial charge on any atom is 0.255 e. The number of benzene rings is 1. The molecule has 6 nitrogen and oxygen atoms in total. The standard InChI is InChI=1S/C23H27N5O/c1-17-22(18(2)28(26-17)20-9-5-3-6-10-20)23(29)25-16-19-11-12-21(24-15-19)27-13-7-4-8-14-27/h3,5-6,9-12,15H,4,7-8,13-14,16H2,1-2H3,(H,25,29). The Balaban J connectivity index is 1.43. The van der Waals surface area contributed by atoms with E-state index in [4.69, 9.17) is 0 Å². The Labute approximate surface area is 171 Å². The van der Waals surface area contributed by atoms with Crippen molar-refractivity contribution in [1.82, 2.24) is 20.1 Å². The zero-order chi connectivity index (χ0) is 20.2. The number of hydrogen-bond donors (Lipinski definition) is 1. The molecular weight excluding hydrogens is 362 g/mol. The van der Waals surface area contributed by atoms with Crippen molar-refractivity contribution in [3.05, 3.63) is 71.2 Å². The van der Waals surface area contributed by atoms with Crippen molar-refractivity contribution in [3.63, 3.8) is 0 Å². The molecule has 6 heteroatoms. The van der Waals surface area contributed by atoms with Crippen LogP contribution in [-0.2, 0) is 6.54 Å². The Morgan fingerprint density at radius 1 is 1.03 bits per heavy atom. The summed E-state index contributed by atoms with van der Waals surface area (Å²) in [4.78, 5) is 19.7. The molecular formula is C23H27N5O. The van der Waals surface area contributed by atoms with Crippen LogP contribution in [-0.4, -0.2) is 33.8 Å². The fourth-order valence-corrected chi connectivity index (χ4v) is 3.89. The smallest absolute Gasteiger partial charge is 0.255 e. The number of piperidine rings is 1. The third-order valence-electron chi connectivity index (χ3n) is 5.46. The van der Waals surface area contributed by atoms with Gasteiger partial charge in [-0.3, -0.25) is 4.79 Å². The molecule has 0 spiro atoms. The minimum Gasteiger partial charge on any atom is -0.357 e. The number of para-hydroxylation sites is 1. The molecule has 3 heterocycles. The van der Waals surface area contributed by atoms with Gasteiger partial charge in [-0.15, -0.1) is 0 Å². The second kappa shape index (κ2) is 8.47. The van der Waals surface area contributed by atoms with Crippen molar-refractivity contribution in [3.8, 4) is 5.69 Å². The van der Waals surface area contributed by atoms with Gasteiger partial charge in [-0.1, -0.05) is 24.3 Å². The molecule has 0 unspecified atom stereocenters. The van der Waals surface area contributed by atoms with Crippen LogP contribution in [0.5, 0.6) is 0 Å². The minimum absolute atomic E-state index is 0.109. The zero-order valence-electron chi connectivity index (χ0n) is 17.1. The summed E-state index contributed by atoms with van der Waals surface area (Å²) in [6.07, 6.45) is 5.63. The van der Waals surface area contributed by atoms with Gasteiger partial charge in [-0.25, -0.2) is 9.67 Å². The van der Waals surface area contributed by atoms with Gasteiger partial charge in [-0.2, -0.15) is 5.10 Å². The van der Waals surface area contributed by atoms with Gasteiger partial charge in [-0.05, 0) is 56.9 Å². The molecule has 4 rings (SSSR count). The number of carbonyl (C=O) groups is 1. The van der Waals surface area contributed by atoms with E-state index in [1.807, 2.05) is 61.1 Å². The highest BCUT2D eigenvalue weighted by Crippen LogP contribution is 2.19. The second-order valence-corrected chi connectivity index (χ2v) is 7.55. The first-order valence-corrected chi connectivity index (χ1v) is 10.2. The molecule has 1 aliphatic heterocycles. The van der Waals surface area contributed by atoms with Crippen LogP contribution in [0.1, 0.15) is 46.6 Å². The lowest BCUT2D eigenvalue weighted by molar-refractivity contribution is 0.0949. The Bertz CT molecular complexity index is 973. The zero-order valence-corrected chi connectivity index (χ0v) is 17.1. The van der Waals surface area contributed by atoms with E-state index in [9.17, 15) is 4.79 Å². The molecule has 1 N–H and O–H groups in total. The summed E-state index contributed by atoms with van der Waals surface area (Å²) in [6, 6.07) is 14.0. The van der Waals surface area contributed by atoms with Crippen molar-refractivity contribution in [2.45, 2.75) is 39.7 Å². The van der Waals surface area contributed by atoms with Gasteiger partial charge in [0.15, 0.2) is 0 Å². The fourth-order valence-electron chi connectivity index (χ4n) is 3.89. The quantitative estimate of drug-likeness (QED) is 0.721. The molecule has 3 aromatic rings. The number of pyridine rings is 1. The van der Waals surface area contributed by atoms with Crippen molar-refractivity contribution in [2.24, 2.45) is 0 Å². The third-order valence-corrected chi connectivity index (χ3v) is 5.46. The summed E-state index contributed by atoms with van der Waals surface area (Å²) in [5.41, 5.74) is 4.13. The van der Waals surface area contributed by atoms with Gasteiger partial charge in [0.2, 0.25) is 0 Å². The van der Waals surface area contributed by atoms with Crippen LogP contribution in [0, 0.1) is 13.8 Å². The highest BCUT2D eigenvalue weighted by Gasteiger charge is 2.19. The number of aromatic nitrogens is 3. The van der Waals surface area contributed by atoms with E-state index in [1.54, 1.807) is 0 Å². The molecule has 1 amide bonds. The number of carbonyl (C=O) groups excluding carboxylic acids is 1. The first-order valence-electron chi connectivity index (χ1n) is 10.2. The fraction of sp³-hybridized carbons (Fsp3) is 0.348. The van der Waals surface area contributed by atoms with Crippen molar-refractivity contribution in [1.29, 1.82) is 0 Å². The summed E-state index contributed by atoms with van der Waals surface area (Å²) in [5, 5.41) is 7.57. The predicted molar refractivity (Wildman–Crippen MR) is 115 cm³/mol. The second-order valence-electron chi connectivity index (χ2n) is 7.55. The molecule has 0 atom stereocenters. The first kappa shape index (κ1) is 19.2. The van der Waals surface area contributed by atoms with Gasteiger partial charge in [0.05, 0.1) is 22.6 Å². The topological polar surface area (TPSA) is 63.1 Å². The SMILES string of the molecule is Cc1nn(-c2ccccc2)c(C)c1C(=O)NCc1ccc(N2CCCCC2)nc1. The molecule has 1 aliphatic rings. The van der Waals surface area contributed by atoms with Gasteiger partial charge in [0.25, 0.3) is 5.91 Å². The summed E-state index contributed by atoms with van der Waals surface area (Å²) in [5.74, 6) is 0.915. The largest absolute Gasteiger partial charge is 0.357 e. The average Bonchev–Trinajstić information content (AvgIpc) is 3.07. The summed E-state index contributed by atoms with van der Waals surface area (Å²) in [6.45, 7) is 6.40. The molecule has 1 aromatic carbocycles. The van der Waals surface area contributed by atoms with Gasteiger partial charge >= 0.3 is 0 Å². The van der Waals surface area contributed by atoms with Crippen LogP contribution in [0.15, 0.2) is 48.7 Å². The highest BCUT2D eigenvalue weighted by molar-refractivity contribution is 5.96.